The van der Waals surface area contributed by atoms with Crippen molar-refractivity contribution >= 4 is 11.8 Å². The number of carbonyl (C=O) groups excluding carboxylic acids is 2. The van der Waals surface area contributed by atoms with Crippen molar-refractivity contribution in [1.29, 1.82) is 0 Å². The number of esters is 1. The summed E-state index contributed by atoms with van der Waals surface area (Å²) >= 11 is 0. The van der Waals surface area contributed by atoms with E-state index in [0.717, 1.165) is 6.92 Å². The van der Waals surface area contributed by atoms with Gasteiger partial charge in [0.25, 0.3) is 0 Å². The van der Waals surface area contributed by atoms with E-state index in [2.05, 4.69) is 4.74 Å². The number of rotatable bonds is 2. The standard InChI is InChI=1S/C11H13F3O3/c1-3-17-9(16)10(2)5-4-7(15)6-8(10)11(12,13)14/h6H,3-5H2,1-2H3. The van der Waals surface area contributed by atoms with Gasteiger partial charge in [-0.1, -0.05) is 0 Å². The lowest BCUT2D eigenvalue weighted by molar-refractivity contribution is -0.161. The fourth-order valence-corrected chi connectivity index (χ4v) is 1.80. The van der Waals surface area contributed by atoms with E-state index in [1.165, 1.54) is 6.92 Å². The van der Waals surface area contributed by atoms with Gasteiger partial charge in [-0.2, -0.15) is 13.2 Å². The second kappa shape index (κ2) is 4.50. The highest BCUT2D eigenvalue weighted by atomic mass is 19.4. The fourth-order valence-electron chi connectivity index (χ4n) is 1.80. The number of ketones is 1. The van der Waals surface area contributed by atoms with Crippen LogP contribution in [-0.2, 0) is 14.3 Å². The maximum atomic E-state index is 12.8. The van der Waals surface area contributed by atoms with Crippen LogP contribution in [0.2, 0.25) is 0 Å². The average Bonchev–Trinajstić information content (AvgIpc) is 2.20. The Labute approximate surface area is 96.6 Å². The first-order valence-corrected chi connectivity index (χ1v) is 5.21. The lowest BCUT2D eigenvalue weighted by Crippen LogP contribution is -2.40. The second-order valence-corrected chi connectivity index (χ2v) is 4.07. The molecule has 0 saturated carbocycles. The molecule has 6 heteroatoms. The van der Waals surface area contributed by atoms with Crippen molar-refractivity contribution in [3.63, 3.8) is 0 Å². The van der Waals surface area contributed by atoms with E-state index in [9.17, 15) is 22.8 Å². The normalized spacial score (nSPS) is 25.5. The van der Waals surface area contributed by atoms with Crippen LogP contribution >= 0.6 is 0 Å². The number of hydrogen-bond donors (Lipinski definition) is 0. The van der Waals surface area contributed by atoms with Crippen LogP contribution in [-0.4, -0.2) is 24.5 Å². The third-order valence-electron chi connectivity index (χ3n) is 2.80. The maximum absolute atomic E-state index is 12.8. The minimum Gasteiger partial charge on any atom is -0.465 e. The summed E-state index contributed by atoms with van der Waals surface area (Å²) in [5.41, 5.74) is -2.89. The van der Waals surface area contributed by atoms with Crippen molar-refractivity contribution in [3.05, 3.63) is 11.6 Å². The number of carbonyl (C=O) groups is 2. The molecule has 0 amide bonds. The molecular weight excluding hydrogens is 237 g/mol. The third kappa shape index (κ3) is 2.68. The molecule has 3 nitrogen and oxygen atoms in total. The molecule has 0 saturated heterocycles. The number of alkyl halides is 3. The molecular formula is C11H13F3O3. The van der Waals surface area contributed by atoms with Crippen LogP contribution < -0.4 is 0 Å². The Hall–Kier alpha value is -1.33. The molecule has 1 aliphatic rings. The minimum absolute atomic E-state index is 0.00745. The Morgan fingerprint density at radius 1 is 1.53 bits per heavy atom. The van der Waals surface area contributed by atoms with Crippen LogP contribution in [0.1, 0.15) is 26.7 Å². The molecule has 1 rings (SSSR count). The van der Waals surface area contributed by atoms with Crippen LogP contribution in [0.25, 0.3) is 0 Å². The van der Waals surface area contributed by atoms with E-state index < -0.39 is 28.9 Å². The highest BCUT2D eigenvalue weighted by Gasteiger charge is 2.52. The Morgan fingerprint density at radius 2 is 2.12 bits per heavy atom. The van der Waals surface area contributed by atoms with Gasteiger partial charge in [-0.05, 0) is 26.3 Å². The quantitative estimate of drug-likeness (QED) is 0.707. The molecule has 0 spiro atoms. The fraction of sp³-hybridized carbons (Fsp3) is 0.636. The van der Waals surface area contributed by atoms with E-state index in [1.807, 2.05) is 0 Å². The van der Waals surface area contributed by atoms with Gasteiger partial charge in [0.15, 0.2) is 5.78 Å². The maximum Gasteiger partial charge on any atom is 0.413 e. The van der Waals surface area contributed by atoms with Crippen molar-refractivity contribution in [1.82, 2.24) is 0 Å². The van der Waals surface area contributed by atoms with Crippen molar-refractivity contribution in [2.45, 2.75) is 32.9 Å². The molecule has 96 valence electrons. The zero-order valence-electron chi connectivity index (χ0n) is 9.56. The van der Waals surface area contributed by atoms with Gasteiger partial charge in [0.05, 0.1) is 17.6 Å². The molecule has 0 aromatic carbocycles. The molecule has 0 radical (unpaired) electrons. The van der Waals surface area contributed by atoms with Crippen LogP contribution in [0.15, 0.2) is 11.6 Å². The SMILES string of the molecule is CCOC(=O)C1(C)CCC(=O)C=C1C(F)(F)F. The Morgan fingerprint density at radius 3 is 2.59 bits per heavy atom. The molecule has 0 aliphatic heterocycles. The molecule has 0 aromatic rings. The third-order valence-corrected chi connectivity index (χ3v) is 2.80. The monoisotopic (exact) mass is 250 g/mol. The molecule has 0 aromatic heterocycles. The van der Waals surface area contributed by atoms with Crippen molar-refractivity contribution in [2.75, 3.05) is 6.61 Å². The van der Waals surface area contributed by atoms with Gasteiger partial charge in [-0.25, -0.2) is 0 Å². The van der Waals surface area contributed by atoms with Gasteiger partial charge in [-0.15, -0.1) is 0 Å². The summed E-state index contributed by atoms with van der Waals surface area (Å²) in [6.07, 6.45) is -4.43. The Balaban J connectivity index is 3.17. The smallest absolute Gasteiger partial charge is 0.413 e. The summed E-state index contributed by atoms with van der Waals surface area (Å²) in [4.78, 5) is 22.7. The highest BCUT2D eigenvalue weighted by molar-refractivity contribution is 5.95. The van der Waals surface area contributed by atoms with Gasteiger partial charge < -0.3 is 4.74 Å². The zero-order valence-corrected chi connectivity index (χ0v) is 9.56. The first-order valence-electron chi connectivity index (χ1n) is 5.21. The van der Waals surface area contributed by atoms with Gasteiger partial charge in [0.1, 0.15) is 0 Å². The first kappa shape index (κ1) is 13.7. The summed E-state index contributed by atoms with van der Waals surface area (Å²) in [6, 6.07) is 0. The Bertz CT molecular complexity index is 371. The van der Waals surface area contributed by atoms with Crippen LogP contribution in [0.4, 0.5) is 13.2 Å². The summed E-state index contributed by atoms with van der Waals surface area (Å²) in [5.74, 6) is -1.55. The largest absolute Gasteiger partial charge is 0.465 e. The van der Waals surface area contributed by atoms with Crippen LogP contribution in [0, 0.1) is 5.41 Å². The summed E-state index contributed by atoms with van der Waals surface area (Å²) in [6.45, 7) is 2.69. The summed E-state index contributed by atoms with van der Waals surface area (Å²) in [5, 5.41) is 0. The van der Waals surface area contributed by atoms with Gasteiger partial charge in [0, 0.05) is 6.42 Å². The van der Waals surface area contributed by atoms with Crippen molar-refractivity contribution in [2.24, 2.45) is 5.41 Å². The summed E-state index contributed by atoms with van der Waals surface area (Å²) < 4.78 is 43.0. The van der Waals surface area contributed by atoms with E-state index in [4.69, 9.17) is 0 Å². The molecule has 1 aliphatic carbocycles. The average molecular weight is 250 g/mol. The van der Waals surface area contributed by atoms with Crippen LogP contribution in [0.3, 0.4) is 0 Å². The predicted molar refractivity (Wildman–Crippen MR) is 53.1 cm³/mol. The molecule has 0 fully saturated rings. The molecule has 17 heavy (non-hydrogen) atoms. The topological polar surface area (TPSA) is 43.4 Å². The van der Waals surface area contributed by atoms with Crippen LogP contribution in [0.5, 0.6) is 0 Å². The molecule has 0 N–H and O–H groups in total. The number of ether oxygens (including phenoxy) is 1. The number of hydrogen-bond acceptors (Lipinski definition) is 3. The van der Waals surface area contributed by atoms with Gasteiger partial charge in [0.2, 0.25) is 0 Å². The number of halogens is 3. The van der Waals surface area contributed by atoms with Gasteiger partial charge >= 0.3 is 12.1 Å². The van der Waals surface area contributed by atoms with E-state index in [-0.39, 0.29) is 19.4 Å². The summed E-state index contributed by atoms with van der Waals surface area (Å²) in [7, 11) is 0. The second-order valence-electron chi connectivity index (χ2n) is 4.07. The number of allylic oxidation sites excluding steroid dienone is 1. The van der Waals surface area contributed by atoms with E-state index >= 15 is 0 Å². The van der Waals surface area contributed by atoms with E-state index in [0.29, 0.717) is 6.08 Å². The minimum atomic E-state index is -4.70. The molecule has 0 bridgehead atoms. The molecule has 1 atom stereocenters. The first-order chi connectivity index (χ1) is 7.71. The molecule has 0 heterocycles. The van der Waals surface area contributed by atoms with Gasteiger partial charge in [-0.3, -0.25) is 9.59 Å². The van der Waals surface area contributed by atoms with Crippen molar-refractivity contribution in [3.8, 4) is 0 Å². The predicted octanol–water partition coefficient (Wildman–Crippen LogP) is 2.41. The lowest BCUT2D eigenvalue weighted by atomic mass is 9.73. The lowest BCUT2D eigenvalue weighted by Gasteiger charge is -2.33. The zero-order chi connectivity index (χ0) is 13.3. The molecule has 1 unspecified atom stereocenters. The highest BCUT2D eigenvalue weighted by Crippen LogP contribution is 2.45. The Kier molecular flexibility index (Phi) is 3.64. The van der Waals surface area contributed by atoms with Crippen molar-refractivity contribution < 1.29 is 27.5 Å². The van der Waals surface area contributed by atoms with E-state index in [1.54, 1.807) is 0 Å².